The van der Waals surface area contributed by atoms with Gasteiger partial charge in [-0.2, -0.15) is 0 Å². The zero-order chi connectivity index (χ0) is 13.1. The highest BCUT2D eigenvalue weighted by Gasteiger charge is 2.33. The molecule has 1 aliphatic heterocycles. The molecule has 1 heterocycles. The summed E-state index contributed by atoms with van der Waals surface area (Å²) in [4.78, 5) is 0. The summed E-state index contributed by atoms with van der Waals surface area (Å²) in [5, 5.41) is 10.5. The van der Waals surface area contributed by atoms with Gasteiger partial charge in [0.25, 0.3) is 0 Å². The van der Waals surface area contributed by atoms with Gasteiger partial charge in [0.2, 0.25) is 0 Å². The SMILES string of the molecule is COc1ccc(C(O)C2CCOC2C)c(OC)c1. The number of benzene rings is 1. The third-order valence-corrected chi connectivity index (χ3v) is 3.60. The van der Waals surface area contributed by atoms with Crippen molar-refractivity contribution in [3.63, 3.8) is 0 Å². The van der Waals surface area contributed by atoms with Crippen LogP contribution in [0.1, 0.15) is 25.0 Å². The number of aliphatic hydroxyl groups excluding tert-OH is 1. The molecule has 100 valence electrons. The molecule has 3 unspecified atom stereocenters. The van der Waals surface area contributed by atoms with E-state index in [9.17, 15) is 5.11 Å². The van der Waals surface area contributed by atoms with E-state index in [1.54, 1.807) is 20.3 Å². The standard InChI is InChI=1S/C14H20O4/c1-9-11(6-7-18-9)14(15)12-5-4-10(16-2)8-13(12)17-3/h4-5,8-9,11,14-15H,6-7H2,1-3H3. The lowest BCUT2D eigenvalue weighted by Gasteiger charge is -2.23. The van der Waals surface area contributed by atoms with Gasteiger partial charge in [0.05, 0.1) is 26.4 Å². The van der Waals surface area contributed by atoms with Crippen LogP contribution < -0.4 is 9.47 Å². The van der Waals surface area contributed by atoms with Crippen LogP contribution in [0.3, 0.4) is 0 Å². The fourth-order valence-corrected chi connectivity index (χ4v) is 2.46. The van der Waals surface area contributed by atoms with Crippen molar-refractivity contribution in [2.24, 2.45) is 5.92 Å². The van der Waals surface area contributed by atoms with Gasteiger partial charge in [-0.25, -0.2) is 0 Å². The second-order valence-corrected chi connectivity index (χ2v) is 4.58. The minimum Gasteiger partial charge on any atom is -0.497 e. The summed E-state index contributed by atoms with van der Waals surface area (Å²) in [6.45, 7) is 2.71. The molecule has 1 aromatic rings. The van der Waals surface area contributed by atoms with Crippen LogP contribution in [0.2, 0.25) is 0 Å². The summed E-state index contributed by atoms with van der Waals surface area (Å²) < 4.78 is 16.0. The van der Waals surface area contributed by atoms with Gasteiger partial charge >= 0.3 is 0 Å². The topological polar surface area (TPSA) is 47.9 Å². The zero-order valence-electron chi connectivity index (χ0n) is 11.1. The van der Waals surface area contributed by atoms with Crippen LogP contribution in [0.15, 0.2) is 18.2 Å². The first-order valence-electron chi connectivity index (χ1n) is 6.19. The fourth-order valence-electron chi connectivity index (χ4n) is 2.46. The number of methoxy groups -OCH3 is 2. The molecule has 4 nitrogen and oxygen atoms in total. The Labute approximate surface area is 107 Å². The highest BCUT2D eigenvalue weighted by molar-refractivity contribution is 5.42. The van der Waals surface area contributed by atoms with Gasteiger partial charge in [0.1, 0.15) is 11.5 Å². The van der Waals surface area contributed by atoms with E-state index in [4.69, 9.17) is 14.2 Å². The molecule has 1 aromatic carbocycles. The molecule has 0 aromatic heterocycles. The van der Waals surface area contributed by atoms with Gasteiger partial charge in [0.15, 0.2) is 0 Å². The van der Waals surface area contributed by atoms with E-state index >= 15 is 0 Å². The van der Waals surface area contributed by atoms with Crippen LogP contribution in [0.4, 0.5) is 0 Å². The van der Waals surface area contributed by atoms with Gasteiger partial charge in [-0.05, 0) is 25.5 Å². The number of aliphatic hydroxyl groups is 1. The van der Waals surface area contributed by atoms with Crippen LogP contribution in [0.5, 0.6) is 11.5 Å². The first-order valence-corrected chi connectivity index (χ1v) is 6.19. The zero-order valence-corrected chi connectivity index (χ0v) is 11.1. The maximum atomic E-state index is 10.5. The maximum Gasteiger partial charge on any atom is 0.128 e. The van der Waals surface area contributed by atoms with E-state index in [1.165, 1.54) is 0 Å². The van der Waals surface area contributed by atoms with Crippen molar-refractivity contribution < 1.29 is 19.3 Å². The van der Waals surface area contributed by atoms with E-state index in [-0.39, 0.29) is 12.0 Å². The molecule has 0 radical (unpaired) electrons. The average Bonchev–Trinajstić information content (AvgIpc) is 2.83. The Bertz CT molecular complexity index is 405. The molecule has 0 aliphatic carbocycles. The lowest BCUT2D eigenvalue weighted by Crippen LogP contribution is -2.20. The van der Waals surface area contributed by atoms with Crippen LogP contribution in [0.25, 0.3) is 0 Å². The molecule has 0 saturated carbocycles. The van der Waals surface area contributed by atoms with E-state index < -0.39 is 6.10 Å². The maximum absolute atomic E-state index is 10.5. The third-order valence-electron chi connectivity index (χ3n) is 3.60. The number of rotatable bonds is 4. The Morgan fingerprint density at radius 3 is 2.67 bits per heavy atom. The highest BCUT2D eigenvalue weighted by Crippen LogP contribution is 2.38. The quantitative estimate of drug-likeness (QED) is 0.892. The van der Waals surface area contributed by atoms with Crippen LogP contribution in [-0.2, 0) is 4.74 Å². The molecular formula is C14H20O4. The van der Waals surface area contributed by atoms with Crippen molar-refractivity contribution in [3.8, 4) is 11.5 Å². The largest absolute Gasteiger partial charge is 0.497 e. The lowest BCUT2D eigenvalue weighted by molar-refractivity contribution is 0.0420. The first-order chi connectivity index (χ1) is 8.67. The molecular weight excluding hydrogens is 232 g/mol. The Morgan fingerprint density at radius 2 is 2.11 bits per heavy atom. The van der Waals surface area contributed by atoms with E-state index in [1.807, 2.05) is 19.1 Å². The van der Waals surface area contributed by atoms with Gasteiger partial charge in [-0.3, -0.25) is 0 Å². The van der Waals surface area contributed by atoms with E-state index in [2.05, 4.69) is 0 Å². The van der Waals surface area contributed by atoms with Crippen molar-refractivity contribution in [2.75, 3.05) is 20.8 Å². The predicted octanol–water partition coefficient (Wildman–Crippen LogP) is 2.16. The second-order valence-electron chi connectivity index (χ2n) is 4.58. The molecule has 1 aliphatic rings. The van der Waals surface area contributed by atoms with Gasteiger partial charge < -0.3 is 19.3 Å². The number of hydrogen-bond donors (Lipinski definition) is 1. The summed E-state index contributed by atoms with van der Waals surface area (Å²) in [5.41, 5.74) is 0.792. The summed E-state index contributed by atoms with van der Waals surface area (Å²) in [6.07, 6.45) is 0.382. The molecule has 1 fully saturated rings. The molecule has 1 saturated heterocycles. The summed E-state index contributed by atoms with van der Waals surface area (Å²) >= 11 is 0. The second kappa shape index (κ2) is 5.59. The summed E-state index contributed by atoms with van der Waals surface area (Å²) in [6, 6.07) is 5.48. The summed E-state index contributed by atoms with van der Waals surface area (Å²) in [5.74, 6) is 1.49. The highest BCUT2D eigenvalue weighted by atomic mass is 16.5. The monoisotopic (exact) mass is 252 g/mol. The minimum atomic E-state index is -0.566. The number of ether oxygens (including phenoxy) is 3. The van der Waals surface area contributed by atoms with E-state index in [0.29, 0.717) is 12.4 Å². The van der Waals surface area contributed by atoms with Gasteiger partial charge in [-0.1, -0.05) is 0 Å². The molecule has 4 heteroatoms. The molecule has 1 N–H and O–H groups in total. The molecule has 3 atom stereocenters. The van der Waals surface area contributed by atoms with Crippen molar-refractivity contribution in [1.82, 2.24) is 0 Å². The average molecular weight is 252 g/mol. The smallest absolute Gasteiger partial charge is 0.128 e. The van der Waals surface area contributed by atoms with Crippen LogP contribution >= 0.6 is 0 Å². The van der Waals surface area contributed by atoms with Crippen molar-refractivity contribution in [3.05, 3.63) is 23.8 Å². The molecule has 0 amide bonds. The van der Waals surface area contributed by atoms with Crippen LogP contribution in [-0.4, -0.2) is 32.0 Å². The van der Waals surface area contributed by atoms with Gasteiger partial charge in [-0.15, -0.1) is 0 Å². The normalized spacial score (nSPS) is 24.9. The number of hydrogen-bond acceptors (Lipinski definition) is 4. The van der Waals surface area contributed by atoms with E-state index in [0.717, 1.165) is 17.7 Å². The predicted molar refractivity (Wildman–Crippen MR) is 68.0 cm³/mol. The third kappa shape index (κ3) is 2.44. The summed E-state index contributed by atoms with van der Waals surface area (Å²) in [7, 11) is 3.21. The van der Waals surface area contributed by atoms with Crippen molar-refractivity contribution in [2.45, 2.75) is 25.6 Å². The lowest BCUT2D eigenvalue weighted by atomic mass is 9.90. The van der Waals surface area contributed by atoms with Crippen molar-refractivity contribution in [1.29, 1.82) is 0 Å². The first kappa shape index (κ1) is 13.2. The van der Waals surface area contributed by atoms with Crippen LogP contribution in [0, 0.1) is 5.92 Å². The Morgan fingerprint density at radius 1 is 1.33 bits per heavy atom. The molecule has 2 rings (SSSR count). The Hall–Kier alpha value is -1.26. The fraction of sp³-hybridized carbons (Fsp3) is 0.571. The van der Waals surface area contributed by atoms with Crippen molar-refractivity contribution >= 4 is 0 Å². The minimum absolute atomic E-state index is 0.0757. The molecule has 18 heavy (non-hydrogen) atoms. The molecule has 0 bridgehead atoms. The van der Waals surface area contributed by atoms with Gasteiger partial charge in [0, 0.05) is 24.2 Å². The molecule has 0 spiro atoms. The Kier molecular flexibility index (Phi) is 4.09. The Balaban J connectivity index is 2.26.